The number of aromatic nitrogens is 2. The molecule has 5 nitrogen and oxygen atoms in total. The van der Waals surface area contributed by atoms with Gasteiger partial charge in [0.1, 0.15) is 17.1 Å². The number of methoxy groups -OCH3 is 2. The maximum absolute atomic E-state index is 6.25. The minimum Gasteiger partial charge on any atom is -0.494 e. The highest BCUT2D eigenvalue weighted by atomic mass is 35.5. The van der Waals surface area contributed by atoms with Crippen LogP contribution < -0.4 is 4.74 Å². The average Bonchev–Trinajstić information content (AvgIpc) is 2.86. The first-order valence-corrected chi connectivity index (χ1v) is 7.36. The van der Waals surface area contributed by atoms with Crippen LogP contribution in [0.3, 0.4) is 0 Å². The van der Waals surface area contributed by atoms with Gasteiger partial charge in [-0.05, 0) is 19.1 Å². The summed E-state index contributed by atoms with van der Waals surface area (Å²) in [7, 11) is 3.30. The Labute approximate surface area is 129 Å². The lowest BCUT2D eigenvalue weighted by Gasteiger charge is -2.11. The molecule has 0 aliphatic rings. The second kappa shape index (κ2) is 7.64. The van der Waals surface area contributed by atoms with E-state index in [1.165, 1.54) is 0 Å². The smallest absolute Gasteiger partial charge is 0.146 e. The van der Waals surface area contributed by atoms with E-state index in [1.54, 1.807) is 14.2 Å². The van der Waals surface area contributed by atoms with Crippen LogP contribution in [0.1, 0.15) is 18.1 Å². The highest BCUT2D eigenvalue weighted by Gasteiger charge is 2.17. The van der Waals surface area contributed by atoms with Crippen LogP contribution in [0.5, 0.6) is 5.75 Å². The normalized spacial score (nSPS) is 12.8. The van der Waals surface area contributed by atoms with Crippen molar-refractivity contribution in [3.05, 3.63) is 24.0 Å². The number of imidazole rings is 1. The molecule has 1 heterocycles. The molecule has 0 saturated carbocycles. The van der Waals surface area contributed by atoms with E-state index in [9.17, 15) is 0 Å². The first-order valence-electron chi connectivity index (χ1n) is 6.93. The maximum atomic E-state index is 6.25. The molecular formula is C15H21ClN2O3. The molecule has 0 spiro atoms. The maximum Gasteiger partial charge on any atom is 0.146 e. The second-order valence-electron chi connectivity index (χ2n) is 4.67. The summed E-state index contributed by atoms with van der Waals surface area (Å²) in [6.07, 6.45) is 0. The fourth-order valence-corrected chi connectivity index (χ4v) is 2.41. The lowest BCUT2D eigenvalue weighted by molar-refractivity contribution is 0.0667. The number of para-hydroxylation sites is 1. The molecule has 21 heavy (non-hydrogen) atoms. The first-order chi connectivity index (χ1) is 10.2. The van der Waals surface area contributed by atoms with Crippen LogP contribution in [-0.4, -0.2) is 43.6 Å². The van der Waals surface area contributed by atoms with Crippen molar-refractivity contribution >= 4 is 22.6 Å². The second-order valence-corrected chi connectivity index (χ2v) is 5.33. The van der Waals surface area contributed by atoms with Crippen LogP contribution in [0.15, 0.2) is 18.2 Å². The highest BCUT2D eigenvalue weighted by Crippen LogP contribution is 2.29. The van der Waals surface area contributed by atoms with E-state index in [-0.39, 0.29) is 5.38 Å². The zero-order valence-electron chi connectivity index (χ0n) is 12.6. The van der Waals surface area contributed by atoms with Crippen LogP contribution in [0.4, 0.5) is 0 Å². The molecule has 1 atom stereocenters. The predicted molar refractivity (Wildman–Crippen MR) is 83.2 cm³/mol. The molecule has 0 amide bonds. The Kier molecular flexibility index (Phi) is 5.85. The molecule has 2 aromatic rings. The number of fused-ring (bicyclic) bond motifs is 1. The minimum absolute atomic E-state index is 0.180. The molecule has 6 heteroatoms. The van der Waals surface area contributed by atoms with Crippen LogP contribution >= 0.6 is 11.6 Å². The summed E-state index contributed by atoms with van der Waals surface area (Å²) >= 11 is 6.25. The van der Waals surface area contributed by atoms with Crippen LogP contribution in [-0.2, 0) is 16.0 Å². The summed E-state index contributed by atoms with van der Waals surface area (Å²) < 4.78 is 18.0. The number of hydrogen-bond acceptors (Lipinski definition) is 4. The molecule has 1 aromatic carbocycles. The van der Waals surface area contributed by atoms with Crippen molar-refractivity contribution in [2.24, 2.45) is 0 Å². The minimum atomic E-state index is -0.180. The van der Waals surface area contributed by atoms with Gasteiger partial charge in [-0.1, -0.05) is 6.07 Å². The average molecular weight is 313 g/mol. The van der Waals surface area contributed by atoms with Gasteiger partial charge in [0.05, 0.1) is 37.8 Å². The molecule has 1 unspecified atom stereocenters. The molecule has 116 valence electrons. The topological polar surface area (TPSA) is 45.5 Å². The molecule has 1 aromatic heterocycles. The van der Waals surface area contributed by atoms with Gasteiger partial charge in [-0.2, -0.15) is 0 Å². The fourth-order valence-electron chi connectivity index (χ4n) is 2.24. The highest BCUT2D eigenvalue weighted by molar-refractivity contribution is 6.20. The van der Waals surface area contributed by atoms with Gasteiger partial charge >= 0.3 is 0 Å². The summed E-state index contributed by atoms with van der Waals surface area (Å²) in [4.78, 5) is 4.62. The standard InChI is InChI=1S/C15H21ClN2O3/c1-11(16)15-17-14-12(5-4-6-13(14)20-3)18(15)7-8-21-10-9-19-2/h4-6,11H,7-10H2,1-3H3. The summed E-state index contributed by atoms with van der Waals surface area (Å²) in [5.41, 5.74) is 1.84. The number of alkyl halides is 1. The summed E-state index contributed by atoms with van der Waals surface area (Å²) in [5, 5.41) is -0.180. The van der Waals surface area contributed by atoms with Gasteiger partial charge in [-0.25, -0.2) is 4.98 Å². The van der Waals surface area contributed by atoms with Gasteiger partial charge in [0.25, 0.3) is 0 Å². The molecular weight excluding hydrogens is 292 g/mol. The Morgan fingerprint density at radius 1 is 1.24 bits per heavy atom. The zero-order valence-corrected chi connectivity index (χ0v) is 13.4. The van der Waals surface area contributed by atoms with E-state index in [1.807, 2.05) is 25.1 Å². The van der Waals surface area contributed by atoms with E-state index in [0.29, 0.717) is 26.4 Å². The number of rotatable bonds is 8. The Bertz CT molecular complexity index is 584. The number of nitrogens with zero attached hydrogens (tertiary/aromatic N) is 2. The third kappa shape index (κ3) is 3.67. The van der Waals surface area contributed by atoms with E-state index in [2.05, 4.69) is 9.55 Å². The van der Waals surface area contributed by atoms with Gasteiger partial charge in [-0.15, -0.1) is 11.6 Å². The van der Waals surface area contributed by atoms with Crippen molar-refractivity contribution in [3.8, 4) is 5.75 Å². The molecule has 0 aliphatic carbocycles. The molecule has 0 saturated heterocycles. The molecule has 0 N–H and O–H groups in total. The molecule has 2 rings (SSSR count). The van der Waals surface area contributed by atoms with Crippen LogP contribution in [0, 0.1) is 0 Å². The van der Waals surface area contributed by atoms with E-state index in [4.69, 9.17) is 25.8 Å². The van der Waals surface area contributed by atoms with Crippen LogP contribution in [0.2, 0.25) is 0 Å². The van der Waals surface area contributed by atoms with Crippen molar-refractivity contribution < 1.29 is 14.2 Å². The van der Waals surface area contributed by atoms with Crippen molar-refractivity contribution in [3.63, 3.8) is 0 Å². The quantitative estimate of drug-likeness (QED) is 0.555. The third-order valence-electron chi connectivity index (χ3n) is 3.24. The lowest BCUT2D eigenvalue weighted by Crippen LogP contribution is -2.12. The number of halogens is 1. The summed E-state index contributed by atoms with van der Waals surface area (Å²) in [6.45, 7) is 4.37. The summed E-state index contributed by atoms with van der Waals surface area (Å²) in [5.74, 6) is 1.58. The molecule has 0 radical (unpaired) electrons. The van der Waals surface area contributed by atoms with Crippen LogP contribution in [0.25, 0.3) is 11.0 Å². The van der Waals surface area contributed by atoms with Crippen molar-refractivity contribution in [2.75, 3.05) is 34.0 Å². The predicted octanol–water partition coefficient (Wildman–Crippen LogP) is 3.01. The number of ether oxygens (including phenoxy) is 3. The number of benzene rings is 1. The number of hydrogen-bond donors (Lipinski definition) is 0. The Morgan fingerprint density at radius 3 is 2.71 bits per heavy atom. The fraction of sp³-hybridized carbons (Fsp3) is 0.533. The van der Waals surface area contributed by atoms with Gasteiger partial charge in [0.15, 0.2) is 0 Å². The van der Waals surface area contributed by atoms with Crippen molar-refractivity contribution in [1.29, 1.82) is 0 Å². The van der Waals surface area contributed by atoms with Crippen molar-refractivity contribution in [1.82, 2.24) is 9.55 Å². The van der Waals surface area contributed by atoms with Gasteiger partial charge < -0.3 is 18.8 Å². The van der Waals surface area contributed by atoms with Crippen molar-refractivity contribution in [2.45, 2.75) is 18.8 Å². The van der Waals surface area contributed by atoms with E-state index >= 15 is 0 Å². The van der Waals surface area contributed by atoms with E-state index in [0.717, 1.165) is 22.6 Å². The Balaban J connectivity index is 2.25. The lowest BCUT2D eigenvalue weighted by atomic mass is 10.3. The molecule has 0 fully saturated rings. The zero-order chi connectivity index (χ0) is 15.2. The van der Waals surface area contributed by atoms with E-state index < -0.39 is 0 Å². The van der Waals surface area contributed by atoms with Gasteiger partial charge in [-0.3, -0.25) is 0 Å². The monoisotopic (exact) mass is 312 g/mol. The largest absolute Gasteiger partial charge is 0.494 e. The Morgan fingerprint density at radius 2 is 2.05 bits per heavy atom. The molecule has 0 bridgehead atoms. The van der Waals surface area contributed by atoms with Gasteiger partial charge in [0, 0.05) is 13.7 Å². The first kappa shape index (κ1) is 16.1. The molecule has 0 aliphatic heterocycles. The summed E-state index contributed by atoms with van der Waals surface area (Å²) in [6, 6.07) is 5.87. The SMILES string of the molecule is COCCOCCn1c(C(C)Cl)nc2c(OC)cccc21. The Hall–Kier alpha value is -1.30. The van der Waals surface area contributed by atoms with Gasteiger partial charge in [0.2, 0.25) is 0 Å². The third-order valence-corrected chi connectivity index (χ3v) is 3.43.